The van der Waals surface area contributed by atoms with Crippen LogP contribution in [0.15, 0.2) is 76.5 Å². The molecule has 6 nitrogen and oxygen atoms in total. The summed E-state index contributed by atoms with van der Waals surface area (Å²) < 4.78 is 7.57. The Labute approximate surface area is 202 Å². The van der Waals surface area contributed by atoms with Gasteiger partial charge in [-0.2, -0.15) is 0 Å². The van der Waals surface area contributed by atoms with E-state index < -0.39 is 0 Å². The number of hydrogen-bond donors (Lipinski definition) is 0. The maximum atomic E-state index is 13.0. The summed E-state index contributed by atoms with van der Waals surface area (Å²) in [5.41, 5.74) is 3.14. The van der Waals surface area contributed by atoms with Crippen LogP contribution in [0.25, 0.3) is 11.4 Å². The van der Waals surface area contributed by atoms with Gasteiger partial charge in [0, 0.05) is 17.6 Å². The predicted molar refractivity (Wildman–Crippen MR) is 131 cm³/mol. The number of thioether (sulfide) groups is 1. The van der Waals surface area contributed by atoms with E-state index in [0.29, 0.717) is 16.7 Å². The first-order valence-electron chi connectivity index (χ1n) is 10.6. The number of carbonyl (C=O) groups excluding carboxylic acids is 1. The predicted octanol–water partition coefficient (Wildman–Crippen LogP) is 5.86. The summed E-state index contributed by atoms with van der Waals surface area (Å²) in [6, 6.07) is 19.3. The van der Waals surface area contributed by atoms with Crippen molar-refractivity contribution in [1.29, 1.82) is 0 Å². The van der Waals surface area contributed by atoms with E-state index in [2.05, 4.69) is 10.2 Å². The second-order valence-electron chi connectivity index (χ2n) is 7.81. The molecule has 0 spiro atoms. The topological polar surface area (TPSA) is 64.2 Å². The maximum absolute atomic E-state index is 13.0. The van der Waals surface area contributed by atoms with Gasteiger partial charge in [-0.15, -0.1) is 10.2 Å². The second kappa shape index (κ2) is 10.3. The Morgan fingerprint density at radius 2 is 1.88 bits per heavy atom. The monoisotopic (exact) mass is 480 g/mol. The first-order chi connectivity index (χ1) is 15.9. The molecule has 0 fully saturated rings. The zero-order valence-electron chi connectivity index (χ0n) is 18.7. The highest BCUT2D eigenvalue weighted by atomic mass is 35.5. The van der Waals surface area contributed by atoms with E-state index in [4.69, 9.17) is 16.0 Å². The molecule has 4 rings (SSSR count). The summed E-state index contributed by atoms with van der Waals surface area (Å²) in [5, 5.41) is 10.2. The molecule has 1 amide bonds. The van der Waals surface area contributed by atoms with E-state index in [9.17, 15) is 4.79 Å². The van der Waals surface area contributed by atoms with E-state index >= 15 is 0 Å². The van der Waals surface area contributed by atoms with Crippen LogP contribution in [0.3, 0.4) is 0 Å². The van der Waals surface area contributed by atoms with E-state index in [-0.39, 0.29) is 17.7 Å². The van der Waals surface area contributed by atoms with E-state index in [1.165, 1.54) is 11.8 Å². The van der Waals surface area contributed by atoms with Gasteiger partial charge in [0.05, 0.1) is 24.6 Å². The van der Waals surface area contributed by atoms with Gasteiger partial charge in [-0.05, 0) is 49.2 Å². The Hall–Kier alpha value is -3.03. The molecule has 0 saturated carbocycles. The van der Waals surface area contributed by atoms with E-state index in [0.717, 1.165) is 28.3 Å². The highest BCUT2D eigenvalue weighted by Crippen LogP contribution is 2.28. The average molecular weight is 481 g/mol. The fraction of sp³-hybridized carbons (Fsp3) is 0.240. The van der Waals surface area contributed by atoms with Crippen molar-refractivity contribution < 1.29 is 9.21 Å². The zero-order chi connectivity index (χ0) is 23.4. The summed E-state index contributed by atoms with van der Waals surface area (Å²) in [6.45, 7) is 4.53. The van der Waals surface area contributed by atoms with Crippen LogP contribution in [0, 0.1) is 6.92 Å². The van der Waals surface area contributed by atoms with Gasteiger partial charge < -0.3 is 9.32 Å². The Morgan fingerprint density at radius 3 is 2.58 bits per heavy atom. The van der Waals surface area contributed by atoms with Crippen LogP contribution in [0.4, 0.5) is 0 Å². The molecule has 33 heavy (non-hydrogen) atoms. The summed E-state index contributed by atoms with van der Waals surface area (Å²) in [7, 11) is 1.81. The van der Waals surface area contributed by atoms with Crippen molar-refractivity contribution in [2.24, 2.45) is 0 Å². The number of halogens is 1. The Balaban J connectivity index is 1.53. The molecule has 0 aliphatic rings. The molecule has 2 aromatic heterocycles. The van der Waals surface area contributed by atoms with Crippen LogP contribution < -0.4 is 0 Å². The minimum atomic E-state index is -0.0705. The van der Waals surface area contributed by atoms with Crippen LogP contribution in [-0.4, -0.2) is 38.4 Å². The standard InChI is InChI=1S/C25H25ClN4O2S/c1-17-7-4-5-9-22(17)24-27-28-25(30(24)15-21-8-6-14-32-21)33-16-23(31)29(3)18(2)19-10-12-20(26)13-11-19/h4-14,18H,15-16H2,1-3H3. The SMILES string of the molecule is Cc1ccccc1-c1nnc(SCC(=O)N(C)C(C)c2ccc(Cl)cc2)n1Cc1ccco1. The molecule has 170 valence electrons. The lowest BCUT2D eigenvalue weighted by molar-refractivity contribution is -0.128. The number of amides is 1. The van der Waals surface area contributed by atoms with Gasteiger partial charge in [-0.3, -0.25) is 9.36 Å². The Morgan fingerprint density at radius 1 is 1.12 bits per heavy atom. The molecule has 0 aliphatic carbocycles. The molecule has 2 heterocycles. The summed E-state index contributed by atoms with van der Waals surface area (Å²) in [5.74, 6) is 1.81. The lowest BCUT2D eigenvalue weighted by Gasteiger charge is -2.25. The Bertz CT molecular complexity index is 1220. The minimum absolute atomic E-state index is 0.00689. The lowest BCUT2D eigenvalue weighted by atomic mass is 10.1. The molecule has 0 radical (unpaired) electrons. The van der Waals surface area contributed by atoms with Gasteiger partial charge in [0.1, 0.15) is 5.76 Å². The maximum Gasteiger partial charge on any atom is 0.233 e. The molecular formula is C25H25ClN4O2S. The molecule has 1 atom stereocenters. The third kappa shape index (κ3) is 5.31. The van der Waals surface area contributed by atoms with Gasteiger partial charge in [-0.25, -0.2) is 0 Å². The van der Waals surface area contributed by atoms with Crippen molar-refractivity contribution in [3.63, 3.8) is 0 Å². The normalized spacial score (nSPS) is 12.0. The molecule has 0 N–H and O–H groups in total. The van der Waals surface area contributed by atoms with Crippen LogP contribution in [0.5, 0.6) is 0 Å². The number of rotatable bonds is 8. The van der Waals surface area contributed by atoms with Crippen molar-refractivity contribution in [3.05, 3.63) is 88.8 Å². The van der Waals surface area contributed by atoms with Crippen molar-refractivity contribution >= 4 is 29.3 Å². The van der Waals surface area contributed by atoms with Crippen LogP contribution in [0.1, 0.15) is 29.9 Å². The van der Waals surface area contributed by atoms with Gasteiger partial charge in [0.2, 0.25) is 5.91 Å². The lowest BCUT2D eigenvalue weighted by Crippen LogP contribution is -2.31. The molecule has 0 bridgehead atoms. The second-order valence-corrected chi connectivity index (χ2v) is 9.19. The molecular weight excluding hydrogens is 456 g/mol. The van der Waals surface area contributed by atoms with Crippen LogP contribution in [0.2, 0.25) is 5.02 Å². The number of carbonyl (C=O) groups is 1. The van der Waals surface area contributed by atoms with Gasteiger partial charge in [0.15, 0.2) is 11.0 Å². The number of hydrogen-bond acceptors (Lipinski definition) is 5. The molecule has 0 saturated heterocycles. The highest BCUT2D eigenvalue weighted by molar-refractivity contribution is 7.99. The first kappa shape index (κ1) is 23.1. The summed E-state index contributed by atoms with van der Waals surface area (Å²) in [6.07, 6.45) is 1.65. The fourth-order valence-corrected chi connectivity index (χ4v) is 4.52. The molecule has 0 aliphatic heterocycles. The first-order valence-corrected chi connectivity index (χ1v) is 12.0. The molecule has 2 aromatic carbocycles. The number of nitrogens with zero attached hydrogens (tertiary/aromatic N) is 4. The van der Waals surface area contributed by atoms with Crippen LogP contribution >= 0.6 is 23.4 Å². The van der Waals surface area contributed by atoms with Crippen molar-refractivity contribution in [2.75, 3.05) is 12.8 Å². The molecule has 4 aromatic rings. The van der Waals surface area contributed by atoms with E-state index in [1.54, 1.807) is 11.2 Å². The highest BCUT2D eigenvalue weighted by Gasteiger charge is 2.21. The smallest absolute Gasteiger partial charge is 0.233 e. The number of benzene rings is 2. The van der Waals surface area contributed by atoms with Gasteiger partial charge in [-0.1, -0.05) is 59.8 Å². The average Bonchev–Trinajstić information content (AvgIpc) is 3.48. The van der Waals surface area contributed by atoms with Crippen LogP contribution in [-0.2, 0) is 11.3 Å². The Kier molecular flexibility index (Phi) is 7.20. The summed E-state index contributed by atoms with van der Waals surface area (Å²) in [4.78, 5) is 14.7. The third-order valence-electron chi connectivity index (χ3n) is 5.65. The van der Waals surface area contributed by atoms with Crippen molar-refractivity contribution in [2.45, 2.75) is 31.6 Å². The molecule has 1 unspecified atom stereocenters. The van der Waals surface area contributed by atoms with E-state index in [1.807, 2.05) is 86.1 Å². The number of aromatic nitrogens is 3. The molecule has 8 heteroatoms. The van der Waals surface area contributed by atoms with Crippen molar-refractivity contribution in [3.8, 4) is 11.4 Å². The number of aryl methyl sites for hydroxylation is 1. The van der Waals surface area contributed by atoms with Gasteiger partial charge >= 0.3 is 0 Å². The third-order valence-corrected chi connectivity index (χ3v) is 6.85. The van der Waals surface area contributed by atoms with Gasteiger partial charge in [0.25, 0.3) is 0 Å². The minimum Gasteiger partial charge on any atom is -0.467 e. The quantitative estimate of drug-likeness (QED) is 0.295. The summed E-state index contributed by atoms with van der Waals surface area (Å²) >= 11 is 7.37. The number of furan rings is 1. The fourth-order valence-electron chi connectivity index (χ4n) is 3.53. The van der Waals surface area contributed by atoms with Crippen molar-refractivity contribution in [1.82, 2.24) is 19.7 Å². The largest absolute Gasteiger partial charge is 0.467 e. The zero-order valence-corrected chi connectivity index (χ0v) is 20.3.